The van der Waals surface area contributed by atoms with E-state index in [-0.39, 0.29) is 0 Å². The zero-order chi connectivity index (χ0) is 8.20. The van der Waals surface area contributed by atoms with Crippen LogP contribution in [0.1, 0.15) is 0 Å². The molecule has 0 aromatic heterocycles. The van der Waals surface area contributed by atoms with Crippen LogP contribution in [0, 0.1) is 0 Å². The van der Waals surface area contributed by atoms with E-state index in [2.05, 4.69) is 9.31 Å². The van der Waals surface area contributed by atoms with E-state index in [1.165, 1.54) is 0 Å². The molecule has 0 atom stereocenters. The van der Waals surface area contributed by atoms with E-state index in [0.717, 1.165) is 0 Å². The van der Waals surface area contributed by atoms with Crippen molar-refractivity contribution >= 4 is 7.32 Å². The summed E-state index contributed by atoms with van der Waals surface area (Å²) in [5.41, 5.74) is 0. The lowest BCUT2D eigenvalue weighted by Crippen LogP contribution is -2.30. The van der Waals surface area contributed by atoms with E-state index in [1.54, 1.807) is 0 Å². The van der Waals surface area contributed by atoms with Crippen molar-refractivity contribution < 1.29 is 31.9 Å². The van der Waals surface area contributed by atoms with Crippen LogP contribution >= 0.6 is 0 Å². The molecule has 0 spiro atoms. The van der Waals surface area contributed by atoms with Gasteiger partial charge in [0.05, 0.1) is 0 Å². The fraction of sp³-hybridized carbons (Fsp3) is 1.00. The van der Waals surface area contributed by atoms with Gasteiger partial charge in [0.15, 0.2) is 6.86 Å². The molecule has 0 rings (SSSR count). The zero-order valence-corrected chi connectivity index (χ0v) is 4.56. The Morgan fingerprint density at radius 1 is 1.40 bits per heavy atom. The SMILES string of the molecule is OB(OCF)OC(F)(F)F. The molecular weight excluding hydrogens is 159 g/mol. The van der Waals surface area contributed by atoms with E-state index >= 15 is 0 Å². The van der Waals surface area contributed by atoms with Crippen LogP contribution in [0.3, 0.4) is 0 Å². The number of rotatable bonds is 3. The Balaban J connectivity index is 3.47. The first kappa shape index (κ1) is 9.66. The summed E-state index contributed by atoms with van der Waals surface area (Å²) < 4.78 is 50.3. The lowest BCUT2D eigenvalue weighted by Gasteiger charge is -2.07. The Morgan fingerprint density at radius 2 is 1.90 bits per heavy atom. The lowest BCUT2D eigenvalue weighted by molar-refractivity contribution is -0.290. The van der Waals surface area contributed by atoms with Gasteiger partial charge < -0.3 is 9.68 Å². The van der Waals surface area contributed by atoms with Gasteiger partial charge in [-0.2, -0.15) is 0 Å². The van der Waals surface area contributed by atoms with Crippen LogP contribution in [0.4, 0.5) is 17.6 Å². The Kier molecular flexibility index (Phi) is 3.62. The molecule has 1 N–H and O–H groups in total. The van der Waals surface area contributed by atoms with Crippen LogP contribution in [-0.2, 0) is 9.31 Å². The van der Waals surface area contributed by atoms with Gasteiger partial charge in [0.2, 0.25) is 0 Å². The topological polar surface area (TPSA) is 38.7 Å². The van der Waals surface area contributed by atoms with Crippen molar-refractivity contribution in [3.05, 3.63) is 0 Å². The van der Waals surface area contributed by atoms with Crippen molar-refractivity contribution in [2.75, 3.05) is 6.86 Å². The highest BCUT2D eigenvalue weighted by Gasteiger charge is 2.36. The maximum absolute atomic E-state index is 11.0. The molecule has 0 aliphatic rings. The monoisotopic (exact) mass is 162 g/mol. The fourth-order valence-corrected chi connectivity index (χ4v) is 0.202. The average molecular weight is 162 g/mol. The first-order chi connectivity index (χ1) is 4.45. The van der Waals surface area contributed by atoms with Crippen molar-refractivity contribution in [3.8, 4) is 0 Å². The zero-order valence-electron chi connectivity index (χ0n) is 4.56. The van der Waals surface area contributed by atoms with Crippen LogP contribution in [0.5, 0.6) is 0 Å². The van der Waals surface area contributed by atoms with Gasteiger partial charge in [-0.3, -0.25) is 4.65 Å². The summed E-state index contributed by atoms with van der Waals surface area (Å²) >= 11 is 0. The van der Waals surface area contributed by atoms with Gasteiger partial charge in [-0.1, -0.05) is 0 Å². The summed E-state index contributed by atoms with van der Waals surface area (Å²) in [4.78, 5) is 0. The minimum Gasteiger partial charge on any atom is -0.401 e. The molecule has 0 saturated carbocycles. The van der Waals surface area contributed by atoms with Gasteiger partial charge in [-0.05, 0) is 0 Å². The second-order valence-corrected chi connectivity index (χ2v) is 1.15. The Hall–Kier alpha value is -0.335. The summed E-state index contributed by atoms with van der Waals surface area (Å²) in [7, 11) is -2.59. The number of alkyl halides is 4. The fourth-order valence-electron chi connectivity index (χ4n) is 0.202. The molecule has 0 radical (unpaired) electrons. The highest BCUT2D eigenvalue weighted by atomic mass is 19.4. The van der Waals surface area contributed by atoms with Crippen LogP contribution in [-0.4, -0.2) is 25.6 Å². The van der Waals surface area contributed by atoms with Gasteiger partial charge in [-0.25, -0.2) is 4.39 Å². The van der Waals surface area contributed by atoms with Crippen LogP contribution < -0.4 is 0 Å². The van der Waals surface area contributed by atoms with E-state index in [4.69, 9.17) is 5.02 Å². The first-order valence-electron chi connectivity index (χ1n) is 2.06. The molecule has 0 fully saturated rings. The summed E-state index contributed by atoms with van der Waals surface area (Å²) in [5, 5.41) is 7.98. The number of halogens is 4. The van der Waals surface area contributed by atoms with Gasteiger partial charge >= 0.3 is 13.7 Å². The van der Waals surface area contributed by atoms with Gasteiger partial charge in [0, 0.05) is 0 Å². The predicted molar refractivity (Wildman–Crippen MR) is 22.2 cm³/mol. The maximum atomic E-state index is 11.0. The summed E-state index contributed by atoms with van der Waals surface area (Å²) in [6.07, 6.45) is -5.02. The van der Waals surface area contributed by atoms with E-state index < -0.39 is 20.5 Å². The molecule has 0 aromatic rings. The highest BCUT2D eigenvalue weighted by Crippen LogP contribution is 2.16. The van der Waals surface area contributed by atoms with E-state index in [0.29, 0.717) is 0 Å². The standard InChI is InChI=1S/C2H3BF4O3/c4-1-9-3(8)10-2(5,6)7/h8H,1H2. The smallest absolute Gasteiger partial charge is 0.401 e. The summed E-state index contributed by atoms with van der Waals surface area (Å²) in [5.74, 6) is 0. The largest absolute Gasteiger partial charge is 0.645 e. The molecule has 60 valence electrons. The van der Waals surface area contributed by atoms with Gasteiger partial charge in [-0.15, -0.1) is 13.2 Å². The third kappa shape index (κ3) is 5.80. The Morgan fingerprint density at radius 3 is 2.20 bits per heavy atom. The minimum absolute atomic E-state index is 1.54. The quantitative estimate of drug-likeness (QED) is 0.483. The molecule has 0 saturated heterocycles. The molecule has 3 nitrogen and oxygen atoms in total. The minimum atomic E-state index is -5.02. The molecule has 0 aliphatic carbocycles. The molecule has 0 aromatic carbocycles. The second-order valence-electron chi connectivity index (χ2n) is 1.15. The van der Waals surface area contributed by atoms with Crippen molar-refractivity contribution in [2.24, 2.45) is 0 Å². The average Bonchev–Trinajstić information content (AvgIpc) is 1.59. The van der Waals surface area contributed by atoms with Gasteiger partial charge in [0.1, 0.15) is 0 Å². The molecule has 0 aliphatic heterocycles. The van der Waals surface area contributed by atoms with Crippen molar-refractivity contribution in [1.29, 1.82) is 0 Å². The first-order valence-corrected chi connectivity index (χ1v) is 2.06. The lowest BCUT2D eigenvalue weighted by atomic mass is 10.2. The molecule has 0 heterocycles. The molecule has 0 unspecified atom stereocenters. The van der Waals surface area contributed by atoms with Crippen LogP contribution in [0.15, 0.2) is 0 Å². The van der Waals surface area contributed by atoms with Crippen LogP contribution in [0.25, 0.3) is 0 Å². The molecule has 0 bridgehead atoms. The highest BCUT2D eigenvalue weighted by molar-refractivity contribution is 6.34. The van der Waals surface area contributed by atoms with Gasteiger partial charge in [0.25, 0.3) is 0 Å². The third-order valence-electron chi connectivity index (χ3n) is 0.440. The van der Waals surface area contributed by atoms with E-state index in [9.17, 15) is 17.6 Å². The Bertz CT molecular complexity index is 95.0. The van der Waals surface area contributed by atoms with E-state index in [1.807, 2.05) is 0 Å². The maximum Gasteiger partial charge on any atom is 0.645 e. The molecule has 10 heavy (non-hydrogen) atoms. The molecule has 8 heteroatoms. The summed E-state index contributed by atoms with van der Waals surface area (Å²) in [6, 6.07) is 0. The third-order valence-corrected chi connectivity index (χ3v) is 0.440. The van der Waals surface area contributed by atoms with Crippen molar-refractivity contribution in [2.45, 2.75) is 6.36 Å². The van der Waals surface area contributed by atoms with Crippen molar-refractivity contribution in [3.63, 3.8) is 0 Å². The number of hydrogen-bond acceptors (Lipinski definition) is 3. The predicted octanol–water partition coefficient (Wildman–Crippen LogP) is 0.444. The van der Waals surface area contributed by atoms with Crippen molar-refractivity contribution in [1.82, 2.24) is 0 Å². The molecule has 0 amide bonds. The number of hydrogen-bond donors (Lipinski definition) is 1. The molecular formula is C2H3BF4O3. The Labute approximate surface area is 53.7 Å². The normalized spacial score (nSPS) is 11.7. The second kappa shape index (κ2) is 3.74. The van der Waals surface area contributed by atoms with Crippen LogP contribution in [0.2, 0.25) is 0 Å². The summed E-state index contributed by atoms with van der Waals surface area (Å²) in [6.45, 7) is -1.54.